The zero-order valence-electron chi connectivity index (χ0n) is 15.5. The van der Waals surface area contributed by atoms with Crippen molar-refractivity contribution in [1.29, 1.82) is 0 Å². The van der Waals surface area contributed by atoms with E-state index in [1.807, 2.05) is 23.5 Å². The summed E-state index contributed by atoms with van der Waals surface area (Å²) in [6.45, 7) is 0. The number of hydrogen-bond donors (Lipinski definition) is 0. The second-order valence-corrected chi connectivity index (χ2v) is 9.10. The molecule has 0 aliphatic carbocycles. The van der Waals surface area contributed by atoms with Gasteiger partial charge in [0.2, 0.25) is 0 Å². The topological polar surface area (TPSA) is 6.48 Å². The summed E-state index contributed by atoms with van der Waals surface area (Å²) in [4.78, 5) is 9.74. The highest BCUT2D eigenvalue weighted by Crippen LogP contribution is 2.51. The molecule has 2 radical (unpaired) electrons. The van der Waals surface area contributed by atoms with Crippen molar-refractivity contribution in [2.75, 3.05) is 9.62 Å². The van der Waals surface area contributed by atoms with Gasteiger partial charge in [-0.25, -0.2) is 0 Å². The van der Waals surface area contributed by atoms with Crippen molar-refractivity contribution in [2.45, 2.75) is 19.6 Å². The Balaban J connectivity index is 1.51. The Morgan fingerprint density at radius 2 is 0.690 bits per heavy atom. The summed E-state index contributed by atoms with van der Waals surface area (Å²) in [5, 5.41) is 0. The van der Waals surface area contributed by atoms with Crippen LogP contribution in [0, 0.1) is 0 Å². The van der Waals surface area contributed by atoms with Gasteiger partial charge in [-0.15, -0.1) is 0 Å². The summed E-state index contributed by atoms with van der Waals surface area (Å²) in [6, 6.07) is 34.5. The highest BCUT2D eigenvalue weighted by atomic mass is 32.2. The normalized spacial score (nSPS) is 13.9. The average molecular weight is 407 g/mol. The van der Waals surface area contributed by atoms with E-state index < -0.39 is 0 Å². The fourth-order valence-corrected chi connectivity index (χ4v) is 5.97. The first-order valence-corrected chi connectivity index (χ1v) is 11.2. The van der Waals surface area contributed by atoms with Crippen molar-refractivity contribution in [3.63, 3.8) is 0 Å². The monoisotopic (exact) mass is 407 g/mol. The summed E-state index contributed by atoms with van der Waals surface area (Å²) >= 11 is 3.67. The minimum atomic E-state index is 1.21. The highest BCUT2D eigenvalue weighted by Gasteiger charge is 2.21. The first-order chi connectivity index (χ1) is 14.4. The van der Waals surface area contributed by atoms with Crippen LogP contribution in [0.15, 0.2) is 117 Å². The molecule has 2 aliphatic rings. The molecule has 0 aromatic heterocycles. The predicted molar refractivity (Wildman–Crippen MR) is 124 cm³/mol. The molecule has 4 aromatic carbocycles. The van der Waals surface area contributed by atoms with Crippen LogP contribution < -0.4 is 9.62 Å². The molecule has 0 unspecified atom stereocenters. The maximum absolute atomic E-state index is 2.32. The van der Waals surface area contributed by atoms with E-state index in [-0.39, 0.29) is 0 Å². The zero-order valence-corrected chi connectivity index (χ0v) is 17.2. The van der Waals surface area contributed by atoms with Gasteiger partial charge in [-0.05, 0) is 48.5 Å². The van der Waals surface area contributed by atoms with E-state index in [0.29, 0.717) is 0 Å². The lowest BCUT2D eigenvalue weighted by atomic mass is 9.96. The first kappa shape index (κ1) is 17.1. The molecule has 29 heavy (non-hydrogen) atoms. The summed E-state index contributed by atoms with van der Waals surface area (Å²) in [6.07, 6.45) is 0. The van der Waals surface area contributed by atoms with Crippen LogP contribution in [-0.2, 0) is 0 Å². The molecule has 138 valence electrons. The molecular formula is C24H16BN2S2-. The third-order valence-electron chi connectivity index (χ3n) is 5.17. The average Bonchev–Trinajstić information content (AvgIpc) is 2.78. The maximum atomic E-state index is 2.32. The van der Waals surface area contributed by atoms with E-state index >= 15 is 0 Å². The van der Waals surface area contributed by atoms with Gasteiger partial charge in [0, 0.05) is 42.3 Å². The molecule has 0 fully saturated rings. The fraction of sp³-hybridized carbons (Fsp3) is 0. The minimum Gasteiger partial charge on any atom is -0.557 e. The van der Waals surface area contributed by atoms with E-state index in [9.17, 15) is 0 Å². The fourth-order valence-electron chi connectivity index (χ4n) is 3.83. The van der Waals surface area contributed by atoms with E-state index in [0.717, 1.165) is 0 Å². The van der Waals surface area contributed by atoms with Gasteiger partial charge in [-0.2, -0.15) is 0 Å². The van der Waals surface area contributed by atoms with Crippen LogP contribution in [0.1, 0.15) is 0 Å². The second-order valence-electron chi connectivity index (χ2n) is 6.93. The van der Waals surface area contributed by atoms with Gasteiger partial charge in [0.25, 0.3) is 0 Å². The van der Waals surface area contributed by atoms with Crippen LogP contribution in [0.5, 0.6) is 0 Å². The summed E-state index contributed by atoms with van der Waals surface area (Å²) in [7, 11) is 2.24. The van der Waals surface area contributed by atoms with Crippen LogP contribution >= 0.6 is 23.5 Å². The van der Waals surface area contributed by atoms with Gasteiger partial charge in [0.1, 0.15) is 0 Å². The Kier molecular flexibility index (Phi) is 4.10. The molecule has 2 nitrogen and oxygen atoms in total. The van der Waals surface area contributed by atoms with E-state index in [2.05, 4.69) is 114 Å². The van der Waals surface area contributed by atoms with Gasteiger partial charge < -0.3 is 9.62 Å². The third-order valence-corrected chi connectivity index (χ3v) is 7.43. The molecule has 0 saturated carbocycles. The lowest BCUT2D eigenvalue weighted by Crippen LogP contribution is -2.38. The van der Waals surface area contributed by atoms with Crippen LogP contribution in [0.25, 0.3) is 0 Å². The smallest absolute Gasteiger partial charge is 0.0322 e. The van der Waals surface area contributed by atoms with E-state index in [4.69, 9.17) is 0 Å². The molecular weight excluding hydrogens is 391 g/mol. The number of benzene rings is 4. The molecule has 0 atom stereocenters. The number of para-hydroxylation sites is 4. The van der Waals surface area contributed by atoms with Crippen LogP contribution in [0.4, 0.5) is 22.7 Å². The van der Waals surface area contributed by atoms with Crippen molar-refractivity contribution in [3.05, 3.63) is 97.1 Å². The molecule has 4 aromatic rings. The van der Waals surface area contributed by atoms with Crippen molar-refractivity contribution in [3.8, 4) is 0 Å². The summed E-state index contributed by atoms with van der Waals surface area (Å²) in [5.74, 6) is 0. The molecule has 5 heteroatoms. The van der Waals surface area contributed by atoms with E-state index in [1.165, 1.54) is 42.3 Å². The van der Waals surface area contributed by atoms with Crippen molar-refractivity contribution >= 4 is 53.8 Å². The summed E-state index contributed by atoms with van der Waals surface area (Å²) in [5.41, 5.74) is 4.85. The summed E-state index contributed by atoms with van der Waals surface area (Å²) < 4.78 is 0. The van der Waals surface area contributed by atoms with Gasteiger partial charge in [-0.3, -0.25) is 0 Å². The number of nitrogens with zero attached hydrogens (tertiary/aromatic N) is 2. The predicted octanol–water partition coefficient (Wildman–Crippen LogP) is 7.13. The van der Waals surface area contributed by atoms with Gasteiger partial charge in [-0.1, -0.05) is 79.6 Å². The molecule has 0 spiro atoms. The quantitative estimate of drug-likeness (QED) is 0.326. The van der Waals surface area contributed by atoms with Gasteiger partial charge in [0.05, 0.1) is 0 Å². The number of fused-ring (bicyclic) bond motifs is 4. The molecule has 0 amide bonds. The molecule has 6 rings (SSSR count). The number of anilines is 4. The number of hydrogen-bond acceptors (Lipinski definition) is 4. The lowest BCUT2D eigenvalue weighted by Gasteiger charge is -2.52. The lowest BCUT2D eigenvalue weighted by molar-refractivity contribution is 1.18. The Labute approximate surface area is 179 Å². The van der Waals surface area contributed by atoms with Gasteiger partial charge >= 0.3 is 0 Å². The standard InChI is InChI=1S/C24H16BN2S2/c1-5-13-21-17(9-1)26(18-10-2-6-14-22(18)28-21)25-27-19-11-3-7-15-23(19)29-24-16-8-4-12-20(24)27/h1-16H/q-1. The Hall–Kier alpha value is -2.76. The van der Waals surface area contributed by atoms with Crippen molar-refractivity contribution in [1.82, 2.24) is 0 Å². The van der Waals surface area contributed by atoms with Crippen LogP contribution in [-0.4, -0.2) is 7.55 Å². The highest BCUT2D eigenvalue weighted by molar-refractivity contribution is 8.00. The third kappa shape index (κ3) is 2.84. The van der Waals surface area contributed by atoms with E-state index in [1.54, 1.807) is 0 Å². The molecule has 0 N–H and O–H groups in total. The minimum absolute atomic E-state index is 1.21. The van der Waals surface area contributed by atoms with Crippen molar-refractivity contribution in [2.24, 2.45) is 0 Å². The largest absolute Gasteiger partial charge is 0.557 e. The van der Waals surface area contributed by atoms with Crippen molar-refractivity contribution < 1.29 is 0 Å². The Morgan fingerprint density at radius 1 is 0.414 bits per heavy atom. The van der Waals surface area contributed by atoms with Crippen LogP contribution in [0.2, 0.25) is 0 Å². The molecule has 0 bridgehead atoms. The Bertz CT molecular complexity index is 1040. The zero-order chi connectivity index (χ0) is 19.2. The van der Waals surface area contributed by atoms with Crippen LogP contribution in [0.3, 0.4) is 0 Å². The molecule has 0 saturated heterocycles. The van der Waals surface area contributed by atoms with Gasteiger partial charge in [0.15, 0.2) is 0 Å². The molecule has 2 heterocycles. The SMILES string of the molecule is [B-](N1c2ccccc2Sc2ccccc21)N1c2ccccc2Sc2ccccc21. The second kappa shape index (κ2) is 6.94. The maximum Gasteiger partial charge on any atom is 0.0322 e. The Morgan fingerprint density at radius 3 is 1.00 bits per heavy atom. The number of rotatable bonds is 2. The first-order valence-electron chi connectivity index (χ1n) is 9.54. The molecule has 2 aliphatic heterocycles.